The normalized spacial score (nSPS) is 24.3. The molecule has 0 bridgehead atoms. The summed E-state index contributed by atoms with van der Waals surface area (Å²) in [5, 5.41) is 5.84. The molecule has 3 heteroatoms. The Balaban J connectivity index is 2.01. The van der Waals surface area contributed by atoms with Crippen LogP contribution in [0.1, 0.15) is 38.5 Å². The number of nitrogens with one attached hydrogen (secondary N) is 1. The quantitative estimate of drug-likeness (QED) is 0.881. The van der Waals surface area contributed by atoms with Gasteiger partial charge in [0.1, 0.15) is 0 Å². The van der Waals surface area contributed by atoms with E-state index in [0.717, 1.165) is 6.54 Å². The van der Waals surface area contributed by atoms with E-state index in [1.165, 1.54) is 37.2 Å². The average Bonchev–Trinajstić information content (AvgIpc) is 2.90. The molecule has 1 unspecified atom stereocenters. The van der Waals surface area contributed by atoms with Gasteiger partial charge in [-0.3, -0.25) is 4.90 Å². The predicted octanol–water partition coefficient (Wildman–Crippen LogP) is 3.14. The minimum Gasteiger partial charge on any atom is -0.311 e. The summed E-state index contributed by atoms with van der Waals surface area (Å²) in [6.45, 7) is 10.5. The first kappa shape index (κ1) is 14.0. The Hall–Kier alpha value is -0.380. The predicted molar refractivity (Wildman–Crippen MR) is 80.4 cm³/mol. The van der Waals surface area contributed by atoms with E-state index >= 15 is 0 Å². The highest BCUT2D eigenvalue weighted by atomic mass is 32.1. The van der Waals surface area contributed by atoms with Crippen molar-refractivity contribution in [3.05, 3.63) is 22.4 Å². The summed E-state index contributed by atoms with van der Waals surface area (Å²) in [7, 11) is 0. The van der Waals surface area contributed by atoms with Gasteiger partial charge < -0.3 is 5.32 Å². The Kier molecular flexibility index (Phi) is 4.82. The Morgan fingerprint density at radius 2 is 2.22 bits per heavy atom. The average molecular weight is 266 g/mol. The highest BCUT2D eigenvalue weighted by Crippen LogP contribution is 2.27. The minimum atomic E-state index is 0.379. The van der Waals surface area contributed by atoms with Gasteiger partial charge in [0.15, 0.2) is 0 Å². The molecule has 0 aromatic carbocycles. The van der Waals surface area contributed by atoms with Gasteiger partial charge in [0.25, 0.3) is 0 Å². The molecule has 1 aliphatic heterocycles. The summed E-state index contributed by atoms with van der Waals surface area (Å²) in [5.74, 6) is 0. The van der Waals surface area contributed by atoms with Crippen molar-refractivity contribution in [2.45, 2.75) is 51.6 Å². The molecule has 1 atom stereocenters. The molecule has 0 amide bonds. The second-order valence-corrected chi connectivity index (χ2v) is 6.52. The molecule has 1 saturated heterocycles. The van der Waals surface area contributed by atoms with E-state index < -0.39 is 0 Å². The van der Waals surface area contributed by atoms with Crippen LogP contribution in [0.2, 0.25) is 0 Å². The Bertz CT molecular complexity index is 343. The topological polar surface area (TPSA) is 15.3 Å². The van der Waals surface area contributed by atoms with Crippen molar-refractivity contribution < 1.29 is 0 Å². The number of thiophene rings is 1. The van der Waals surface area contributed by atoms with E-state index in [1.807, 2.05) is 11.3 Å². The van der Waals surface area contributed by atoms with Crippen LogP contribution in [0, 0.1) is 0 Å². The molecule has 1 aliphatic rings. The van der Waals surface area contributed by atoms with Crippen molar-refractivity contribution in [1.82, 2.24) is 10.2 Å². The van der Waals surface area contributed by atoms with E-state index in [1.54, 1.807) is 0 Å². The zero-order valence-electron chi connectivity index (χ0n) is 11.9. The van der Waals surface area contributed by atoms with Crippen LogP contribution in [0.5, 0.6) is 0 Å². The van der Waals surface area contributed by atoms with Crippen molar-refractivity contribution in [2.24, 2.45) is 0 Å². The van der Waals surface area contributed by atoms with Gasteiger partial charge in [-0.15, -0.1) is 11.3 Å². The summed E-state index contributed by atoms with van der Waals surface area (Å²) >= 11 is 1.89. The first-order valence-electron chi connectivity index (χ1n) is 7.21. The molecular weight excluding hydrogens is 240 g/mol. The number of piperazine rings is 1. The summed E-state index contributed by atoms with van der Waals surface area (Å²) < 4.78 is 0. The molecule has 2 nitrogen and oxygen atoms in total. The molecule has 1 aromatic rings. The van der Waals surface area contributed by atoms with Gasteiger partial charge in [-0.25, -0.2) is 0 Å². The van der Waals surface area contributed by atoms with Gasteiger partial charge in [0, 0.05) is 36.1 Å². The number of rotatable bonds is 5. The molecule has 2 rings (SSSR count). The second kappa shape index (κ2) is 6.18. The van der Waals surface area contributed by atoms with E-state index in [4.69, 9.17) is 0 Å². The monoisotopic (exact) mass is 266 g/mol. The van der Waals surface area contributed by atoms with Gasteiger partial charge >= 0.3 is 0 Å². The summed E-state index contributed by atoms with van der Waals surface area (Å²) in [5.41, 5.74) is 0.379. The highest BCUT2D eigenvalue weighted by molar-refractivity contribution is 7.09. The van der Waals surface area contributed by atoms with Gasteiger partial charge in [0.2, 0.25) is 0 Å². The molecule has 2 heterocycles. The Labute approximate surface area is 115 Å². The van der Waals surface area contributed by atoms with E-state index in [9.17, 15) is 0 Å². The van der Waals surface area contributed by atoms with Crippen LogP contribution in [0.15, 0.2) is 17.5 Å². The fraction of sp³-hybridized carbons (Fsp3) is 0.733. The summed E-state index contributed by atoms with van der Waals surface area (Å²) in [6.07, 6.45) is 3.69. The van der Waals surface area contributed by atoms with E-state index in [-0.39, 0.29) is 0 Å². The molecule has 102 valence electrons. The Morgan fingerprint density at radius 1 is 1.44 bits per heavy atom. The molecule has 1 aromatic heterocycles. The Morgan fingerprint density at radius 3 is 2.83 bits per heavy atom. The maximum atomic E-state index is 3.66. The fourth-order valence-corrected chi connectivity index (χ4v) is 3.74. The number of nitrogens with zero attached hydrogens (tertiary/aromatic N) is 1. The van der Waals surface area contributed by atoms with Crippen LogP contribution in [-0.4, -0.2) is 36.1 Å². The smallest absolute Gasteiger partial charge is 0.0329 e. The number of hydrogen-bond acceptors (Lipinski definition) is 3. The fourth-order valence-electron chi connectivity index (χ4n) is 3.04. The SMILES string of the molecule is CCC1(CC)CNC(C)CN1CCc1cccs1. The van der Waals surface area contributed by atoms with Crippen LogP contribution in [0.25, 0.3) is 0 Å². The third kappa shape index (κ3) is 2.95. The van der Waals surface area contributed by atoms with Crippen LogP contribution >= 0.6 is 11.3 Å². The molecule has 0 aliphatic carbocycles. The maximum absolute atomic E-state index is 3.66. The maximum Gasteiger partial charge on any atom is 0.0329 e. The van der Waals surface area contributed by atoms with Gasteiger partial charge in [-0.05, 0) is 37.6 Å². The van der Waals surface area contributed by atoms with Crippen molar-refractivity contribution in [3.63, 3.8) is 0 Å². The molecule has 1 N–H and O–H groups in total. The first-order valence-corrected chi connectivity index (χ1v) is 8.09. The summed E-state index contributed by atoms with van der Waals surface area (Å²) in [6, 6.07) is 5.04. The highest BCUT2D eigenvalue weighted by Gasteiger charge is 2.37. The zero-order valence-corrected chi connectivity index (χ0v) is 12.7. The summed E-state index contributed by atoms with van der Waals surface area (Å²) in [4.78, 5) is 4.25. The molecule has 18 heavy (non-hydrogen) atoms. The van der Waals surface area contributed by atoms with Crippen molar-refractivity contribution in [2.75, 3.05) is 19.6 Å². The van der Waals surface area contributed by atoms with Crippen LogP contribution in [-0.2, 0) is 6.42 Å². The lowest BCUT2D eigenvalue weighted by Crippen LogP contribution is -2.63. The lowest BCUT2D eigenvalue weighted by Gasteiger charge is -2.49. The van der Waals surface area contributed by atoms with Crippen molar-refractivity contribution >= 4 is 11.3 Å². The second-order valence-electron chi connectivity index (χ2n) is 5.49. The first-order chi connectivity index (χ1) is 8.70. The molecular formula is C15H26N2S. The number of hydrogen-bond donors (Lipinski definition) is 1. The minimum absolute atomic E-state index is 0.379. The van der Waals surface area contributed by atoms with Crippen LogP contribution < -0.4 is 5.32 Å². The zero-order chi connectivity index (χ0) is 13.0. The van der Waals surface area contributed by atoms with Gasteiger partial charge in [-0.2, -0.15) is 0 Å². The molecule has 0 spiro atoms. The van der Waals surface area contributed by atoms with E-state index in [0.29, 0.717) is 11.6 Å². The molecule has 1 fully saturated rings. The van der Waals surface area contributed by atoms with Crippen LogP contribution in [0.3, 0.4) is 0 Å². The molecule has 0 radical (unpaired) electrons. The largest absolute Gasteiger partial charge is 0.311 e. The van der Waals surface area contributed by atoms with Crippen LogP contribution in [0.4, 0.5) is 0 Å². The van der Waals surface area contributed by atoms with E-state index in [2.05, 4.69) is 48.5 Å². The lowest BCUT2D eigenvalue weighted by molar-refractivity contribution is 0.0362. The third-order valence-corrected chi connectivity index (χ3v) is 5.41. The van der Waals surface area contributed by atoms with Crippen molar-refractivity contribution in [1.29, 1.82) is 0 Å². The van der Waals surface area contributed by atoms with Gasteiger partial charge in [-0.1, -0.05) is 19.9 Å². The van der Waals surface area contributed by atoms with Gasteiger partial charge in [0.05, 0.1) is 0 Å². The standard InChI is InChI=1S/C15H26N2S/c1-4-15(5-2)12-16-13(3)11-17(15)9-8-14-7-6-10-18-14/h6-7,10,13,16H,4-5,8-9,11-12H2,1-3H3. The third-order valence-electron chi connectivity index (χ3n) is 4.47. The lowest BCUT2D eigenvalue weighted by atomic mass is 9.87. The van der Waals surface area contributed by atoms with Crippen molar-refractivity contribution in [3.8, 4) is 0 Å². The molecule has 0 saturated carbocycles.